The van der Waals surface area contributed by atoms with Gasteiger partial charge in [-0.15, -0.1) is 11.3 Å². The second-order valence-electron chi connectivity index (χ2n) is 8.84. The molecule has 12 heteroatoms. The summed E-state index contributed by atoms with van der Waals surface area (Å²) in [4.78, 5) is 40.7. The molecular weight excluding hydrogens is 549 g/mol. The Morgan fingerprint density at radius 2 is 2.00 bits per heavy atom. The number of rotatable bonds is 8. The zero-order chi connectivity index (χ0) is 26.8. The molecule has 1 aliphatic heterocycles. The number of pyridine rings is 1. The minimum Gasteiger partial charge on any atom is -0.480 e. The summed E-state index contributed by atoms with van der Waals surface area (Å²) < 4.78 is 1.64. The van der Waals surface area contributed by atoms with Crippen LogP contribution in [0.3, 0.4) is 0 Å². The van der Waals surface area contributed by atoms with Crippen molar-refractivity contribution in [3.05, 3.63) is 91.3 Å². The predicted molar refractivity (Wildman–Crippen MR) is 145 cm³/mol. The average Bonchev–Trinajstić information content (AvgIpc) is 3.57. The maximum absolute atomic E-state index is 13.1. The number of nitrogens with zero attached hydrogens (tertiary/aromatic N) is 3. The van der Waals surface area contributed by atoms with Crippen LogP contribution in [0.15, 0.2) is 54.0 Å². The van der Waals surface area contributed by atoms with Crippen molar-refractivity contribution in [2.45, 2.75) is 25.6 Å². The standard InChI is InChI=1S/C26H23Cl2N5O4S/c27-19-10-15-14-32(25(35)20-11-16-4-1-2-7-33(16)31-20)8-6-18(15)23(28)22(19)24(34)30-21(26(36)37)13-29-12-17-5-3-9-38-17/h1-5,7,9-11,21,29H,6,8,12-14H2,(H,30,34)(H,36,37)/t21-/m0/s1. The van der Waals surface area contributed by atoms with Crippen molar-refractivity contribution in [1.29, 1.82) is 0 Å². The van der Waals surface area contributed by atoms with Crippen molar-refractivity contribution in [2.24, 2.45) is 0 Å². The summed E-state index contributed by atoms with van der Waals surface area (Å²) >= 11 is 14.7. The van der Waals surface area contributed by atoms with Crippen LogP contribution in [0, 0.1) is 0 Å². The van der Waals surface area contributed by atoms with Gasteiger partial charge in [0.25, 0.3) is 11.8 Å². The third kappa shape index (κ3) is 5.39. The Balaban J connectivity index is 1.29. The van der Waals surface area contributed by atoms with Crippen molar-refractivity contribution in [1.82, 2.24) is 25.1 Å². The smallest absolute Gasteiger partial charge is 0.327 e. The van der Waals surface area contributed by atoms with Gasteiger partial charge >= 0.3 is 5.97 Å². The monoisotopic (exact) mass is 571 g/mol. The highest BCUT2D eigenvalue weighted by molar-refractivity contribution is 7.09. The summed E-state index contributed by atoms with van der Waals surface area (Å²) in [6, 6.07) is 11.6. The van der Waals surface area contributed by atoms with Gasteiger partial charge < -0.3 is 20.6 Å². The summed E-state index contributed by atoms with van der Waals surface area (Å²) in [5.41, 5.74) is 2.61. The molecule has 5 rings (SSSR count). The minimum absolute atomic E-state index is 0.0247. The molecular formula is C26H23Cl2N5O4S. The lowest BCUT2D eigenvalue weighted by Crippen LogP contribution is -2.47. The molecule has 0 unspecified atom stereocenters. The van der Waals surface area contributed by atoms with Crippen molar-refractivity contribution in [3.63, 3.8) is 0 Å². The zero-order valence-corrected chi connectivity index (χ0v) is 22.3. The number of carbonyl (C=O) groups excluding carboxylic acids is 2. The number of nitrogens with one attached hydrogen (secondary N) is 2. The summed E-state index contributed by atoms with van der Waals surface area (Å²) in [5, 5.41) is 21.7. The number of halogens is 2. The molecule has 2 amide bonds. The molecule has 3 aromatic heterocycles. The van der Waals surface area contributed by atoms with Crippen LogP contribution >= 0.6 is 34.5 Å². The zero-order valence-electron chi connectivity index (χ0n) is 20.0. The molecule has 4 heterocycles. The fourth-order valence-electron chi connectivity index (χ4n) is 4.42. The number of hydrogen-bond donors (Lipinski definition) is 3. The van der Waals surface area contributed by atoms with E-state index < -0.39 is 17.9 Å². The number of hydrogen-bond acceptors (Lipinski definition) is 6. The molecule has 0 radical (unpaired) electrons. The Morgan fingerprint density at radius 1 is 1.16 bits per heavy atom. The van der Waals surface area contributed by atoms with Gasteiger partial charge in [0.2, 0.25) is 0 Å². The van der Waals surface area contributed by atoms with Crippen LogP contribution in [-0.4, -0.2) is 56.5 Å². The van der Waals surface area contributed by atoms with E-state index in [2.05, 4.69) is 15.7 Å². The van der Waals surface area contributed by atoms with Crippen LogP contribution in [0.5, 0.6) is 0 Å². The second kappa shape index (κ2) is 11.1. The number of benzene rings is 1. The molecule has 0 saturated heterocycles. The van der Waals surface area contributed by atoms with E-state index in [0.29, 0.717) is 30.8 Å². The second-order valence-corrected chi connectivity index (χ2v) is 10.7. The predicted octanol–water partition coefficient (Wildman–Crippen LogP) is 3.87. The number of amides is 2. The molecule has 1 aromatic carbocycles. The fraction of sp³-hybridized carbons (Fsp3) is 0.231. The van der Waals surface area contributed by atoms with E-state index in [1.54, 1.807) is 39.1 Å². The van der Waals surface area contributed by atoms with Gasteiger partial charge in [0.15, 0.2) is 5.69 Å². The third-order valence-electron chi connectivity index (χ3n) is 6.34. The lowest BCUT2D eigenvalue weighted by Gasteiger charge is -2.30. The van der Waals surface area contributed by atoms with Gasteiger partial charge in [0.05, 0.1) is 21.1 Å². The quantitative estimate of drug-likeness (QED) is 0.295. The van der Waals surface area contributed by atoms with Gasteiger partial charge in [-0.05, 0) is 53.3 Å². The van der Waals surface area contributed by atoms with Crippen LogP contribution < -0.4 is 10.6 Å². The number of carboxylic acids is 1. The topological polar surface area (TPSA) is 116 Å². The van der Waals surface area contributed by atoms with Gasteiger partial charge in [-0.2, -0.15) is 5.10 Å². The molecule has 38 heavy (non-hydrogen) atoms. The van der Waals surface area contributed by atoms with Gasteiger partial charge in [0, 0.05) is 37.3 Å². The lowest BCUT2D eigenvalue weighted by atomic mass is 9.96. The van der Waals surface area contributed by atoms with Gasteiger partial charge in [-0.25, -0.2) is 9.31 Å². The van der Waals surface area contributed by atoms with Crippen molar-refractivity contribution in [2.75, 3.05) is 13.1 Å². The first-order chi connectivity index (χ1) is 18.3. The first-order valence-electron chi connectivity index (χ1n) is 11.8. The largest absolute Gasteiger partial charge is 0.480 e. The lowest BCUT2D eigenvalue weighted by molar-refractivity contribution is -0.139. The van der Waals surface area contributed by atoms with E-state index in [9.17, 15) is 19.5 Å². The number of aliphatic carboxylic acids is 1. The number of fused-ring (bicyclic) bond motifs is 2. The molecule has 196 valence electrons. The van der Waals surface area contributed by atoms with E-state index >= 15 is 0 Å². The molecule has 3 N–H and O–H groups in total. The first-order valence-corrected chi connectivity index (χ1v) is 13.5. The third-order valence-corrected chi connectivity index (χ3v) is 7.93. The fourth-order valence-corrected chi connectivity index (χ4v) is 5.86. The molecule has 1 aliphatic rings. The Bertz CT molecular complexity index is 1490. The Kier molecular flexibility index (Phi) is 7.66. The van der Waals surface area contributed by atoms with Gasteiger partial charge in [0.1, 0.15) is 6.04 Å². The highest BCUT2D eigenvalue weighted by Gasteiger charge is 2.30. The van der Waals surface area contributed by atoms with Crippen LogP contribution in [0.2, 0.25) is 10.0 Å². The summed E-state index contributed by atoms with van der Waals surface area (Å²) in [5.74, 6) is -2.06. The molecule has 4 aromatic rings. The Hall–Kier alpha value is -3.44. The van der Waals surface area contributed by atoms with E-state index in [0.717, 1.165) is 16.0 Å². The Labute approximate surface area is 232 Å². The maximum Gasteiger partial charge on any atom is 0.327 e. The first kappa shape index (κ1) is 26.2. The highest BCUT2D eigenvalue weighted by Crippen LogP contribution is 2.35. The maximum atomic E-state index is 13.1. The van der Waals surface area contributed by atoms with Crippen LogP contribution in [-0.2, 0) is 24.3 Å². The van der Waals surface area contributed by atoms with E-state index in [1.165, 1.54) is 0 Å². The normalized spacial score (nSPS) is 13.8. The van der Waals surface area contributed by atoms with Crippen LogP contribution in [0.1, 0.15) is 36.9 Å². The SMILES string of the molecule is O=C(N[C@@H](CNCc1cccs1)C(=O)O)c1c(Cl)cc2c(c1Cl)CCN(C(=O)c1cc3ccccn3n1)C2. The van der Waals surface area contributed by atoms with Crippen molar-refractivity contribution >= 4 is 57.8 Å². The van der Waals surface area contributed by atoms with Gasteiger partial charge in [-0.1, -0.05) is 35.3 Å². The van der Waals surface area contributed by atoms with E-state index in [1.807, 2.05) is 35.7 Å². The molecule has 9 nitrogen and oxygen atoms in total. The number of carboxylic acid groups (broad SMARTS) is 1. The summed E-state index contributed by atoms with van der Waals surface area (Å²) in [6.45, 7) is 1.15. The Morgan fingerprint density at radius 3 is 2.74 bits per heavy atom. The molecule has 0 aliphatic carbocycles. The summed E-state index contributed by atoms with van der Waals surface area (Å²) in [7, 11) is 0. The van der Waals surface area contributed by atoms with Crippen LogP contribution in [0.4, 0.5) is 0 Å². The number of thiophene rings is 1. The summed E-state index contributed by atoms with van der Waals surface area (Å²) in [6.07, 6.45) is 2.19. The van der Waals surface area contributed by atoms with Crippen molar-refractivity contribution < 1.29 is 19.5 Å². The number of carbonyl (C=O) groups is 3. The van der Waals surface area contributed by atoms with E-state index in [-0.39, 0.29) is 34.6 Å². The molecule has 0 saturated carbocycles. The minimum atomic E-state index is -1.18. The molecule has 0 spiro atoms. The van der Waals surface area contributed by atoms with Crippen LogP contribution in [0.25, 0.3) is 5.52 Å². The molecule has 0 fully saturated rings. The van der Waals surface area contributed by atoms with E-state index in [4.69, 9.17) is 23.2 Å². The molecule has 0 bridgehead atoms. The molecule has 1 atom stereocenters. The highest BCUT2D eigenvalue weighted by atomic mass is 35.5. The van der Waals surface area contributed by atoms with Crippen molar-refractivity contribution in [3.8, 4) is 0 Å². The number of aromatic nitrogens is 2. The van der Waals surface area contributed by atoms with Gasteiger partial charge in [-0.3, -0.25) is 9.59 Å². The average molecular weight is 572 g/mol.